The summed E-state index contributed by atoms with van der Waals surface area (Å²) >= 11 is 0. The van der Waals surface area contributed by atoms with Gasteiger partial charge in [0.15, 0.2) is 9.84 Å². The van der Waals surface area contributed by atoms with E-state index in [0.29, 0.717) is 18.0 Å². The van der Waals surface area contributed by atoms with Crippen LogP contribution in [-0.2, 0) is 9.84 Å². The molecule has 0 aliphatic carbocycles. The number of rotatable bonds is 5. The number of ether oxygens (including phenoxy) is 1. The van der Waals surface area contributed by atoms with Crippen LogP contribution in [0.3, 0.4) is 0 Å². The van der Waals surface area contributed by atoms with Crippen molar-refractivity contribution in [3.8, 4) is 5.75 Å². The van der Waals surface area contributed by atoms with Crippen LogP contribution in [0.4, 0.5) is 10.1 Å². The number of carbonyl (C=O) groups is 1. The number of benzene rings is 2. The van der Waals surface area contributed by atoms with E-state index in [0.717, 1.165) is 11.5 Å². The lowest BCUT2D eigenvalue weighted by Crippen LogP contribution is -2.41. The van der Waals surface area contributed by atoms with Gasteiger partial charge in [0, 0.05) is 16.7 Å². The molecule has 0 unspecified atom stereocenters. The van der Waals surface area contributed by atoms with Gasteiger partial charge in [-0.1, -0.05) is 6.07 Å². The van der Waals surface area contributed by atoms with E-state index in [-0.39, 0.29) is 11.3 Å². The van der Waals surface area contributed by atoms with E-state index in [1.54, 1.807) is 24.3 Å². The third-order valence-electron chi connectivity index (χ3n) is 3.96. The Hall–Kier alpha value is -2.67. The number of halogens is 1. The van der Waals surface area contributed by atoms with Crippen LogP contribution in [0, 0.1) is 5.82 Å². The van der Waals surface area contributed by atoms with Crippen LogP contribution in [0.15, 0.2) is 60.0 Å². The predicted molar refractivity (Wildman–Crippen MR) is 97.5 cm³/mol. The van der Waals surface area contributed by atoms with Gasteiger partial charge in [-0.05, 0) is 55.5 Å². The Morgan fingerprint density at radius 3 is 2.54 bits per heavy atom. The maximum absolute atomic E-state index is 13.5. The van der Waals surface area contributed by atoms with Gasteiger partial charge in [-0.15, -0.1) is 0 Å². The van der Waals surface area contributed by atoms with Crippen molar-refractivity contribution >= 4 is 21.4 Å². The van der Waals surface area contributed by atoms with Gasteiger partial charge in [0.1, 0.15) is 11.6 Å². The Labute approximate surface area is 151 Å². The first-order chi connectivity index (χ1) is 12.4. The summed E-state index contributed by atoms with van der Waals surface area (Å²) in [6.45, 7) is 2.37. The Morgan fingerprint density at radius 1 is 1.23 bits per heavy atom. The van der Waals surface area contributed by atoms with Crippen LogP contribution >= 0.6 is 0 Å². The number of amides is 1. The topological polar surface area (TPSA) is 63.7 Å². The molecular formula is C19H18FNO4S. The van der Waals surface area contributed by atoms with E-state index in [4.69, 9.17) is 4.74 Å². The fourth-order valence-electron chi connectivity index (χ4n) is 2.81. The first kappa shape index (κ1) is 18.1. The minimum absolute atomic E-state index is 0.150. The summed E-state index contributed by atoms with van der Waals surface area (Å²) in [5.74, 6) is -0.567. The van der Waals surface area contributed by atoms with Gasteiger partial charge in [-0.2, -0.15) is 0 Å². The quantitative estimate of drug-likeness (QED) is 0.805. The molecule has 26 heavy (non-hydrogen) atoms. The molecule has 0 N–H and O–H groups in total. The van der Waals surface area contributed by atoms with Crippen molar-refractivity contribution in [3.05, 3.63) is 71.4 Å². The third kappa shape index (κ3) is 3.94. The molecule has 0 saturated heterocycles. The molecule has 0 spiro atoms. The van der Waals surface area contributed by atoms with E-state index in [1.807, 2.05) is 6.92 Å². The standard InChI is InChI=1S/C19H18FNO4S/c1-2-25-18-8-6-16(7-9-18)21(17-10-11-26(23,24)13-17)19(22)14-4-3-5-15(20)12-14/h3-12,17H,2,13H2,1H3/t17-/m1/s1. The number of sulfone groups is 1. The van der Waals surface area contributed by atoms with Crippen LogP contribution < -0.4 is 9.64 Å². The van der Waals surface area contributed by atoms with E-state index >= 15 is 0 Å². The highest BCUT2D eigenvalue weighted by atomic mass is 32.2. The number of anilines is 1. The maximum Gasteiger partial charge on any atom is 0.258 e. The largest absolute Gasteiger partial charge is 0.494 e. The maximum atomic E-state index is 13.5. The monoisotopic (exact) mass is 375 g/mol. The normalized spacial score (nSPS) is 17.8. The second-order valence-electron chi connectivity index (χ2n) is 5.84. The van der Waals surface area contributed by atoms with Gasteiger partial charge in [0.05, 0.1) is 18.4 Å². The van der Waals surface area contributed by atoms with Crippen LogP contribution in [0.1, 0.15) is 17.3 Å². The minimum Gasteiger partial charge on any atom is -0.494 e. The predicted octanol–water partition coefficient (Wildman–Crippen LogP) is 3.18. The Balaban J connectivity index is 1.99. The summed E-state index contributed by atoms with van der Waals surface area (Å²) in [6.07, 6.45) is 1.48. The van der Waals surface area contributed by atoms with E-state index in [1.165, 1.54) is 29.2 Å². The summed E-state index contributed by atoms with van der Waals surface area (Å²) < 4.78 is 42.6. The summed E-state index contributed by atoms with van der Waals surface area (Å²) in [6, 6.07) is 11.4. The van der Waals surface area contributed by atoms with Crippen molar-refractivity contribution in [3.63, 3.8) is 0 Å². The number of hydrogen-bond donors (Lipinski definition) is 0. The van der Waals surface area contributed by atoms with Crippen molar-refractivity contribution in [2.24, 2.45) is 0 Å². The SMILES string of the molecule is CCOc1ccc(N(C(=O)c2cccc(F)c2)[C@@H]2C=CS(=O)(=O)C2)cc1. The lowest BCUT2D eigenvalue weighted by Gasteiger charge is -2.28. The molecule has 2 aromatic carbocycles. The molecule has 5 nitrogen and oxygen atoms in total. The van der Waals surface area contributed by atoms with Crippen molar-refractivity contribution in [2.45, 2.75) is 13.0 Å². The minimum atomic E-state index is -3.36. The van der Waals surface area contributed by atoms with Crippen molar-refractivity contribution in [1.29, 1.82) is 0 Å². The number of nitrogens with zero attached hydrogens (tertiary/aromatic N) is 1. The van der Waals surface area contributed by atoms with E-state index in [2.05, 4.69) is 0 Å². The Bertz CT molecular complexity index is 938. The second kappa shape index (κ2) is 7.29. The molecule has 0 bridgehead atoms. The fourth-order valence-corrected chi connectivity index (χ4v) is 4.08. The smallest absolute Gasteiger partial charge is 0.258 e. The first-order valence-electron chi connectivity index (χ1n) is 8.12. The lowest BCUT2D eigenvalue weighted by molar-refractivity contribution is 0.0982. The zero-order valence-electron chi connectivity index (χ0n) is 14.1. The summed E-state index contributed by atoms with van der Waals surface area (Å²) in [4.78, 5) is 14.4. The van der Waals surface area contributed by atoms with Gasteiger partial charge in [-0.3, -0.25) is 4.79 Å². The summed E-state index contributed by atoms with van der Waals surface area (Å²) in [5, 5.41) is 1.11. The molecule has 0 radical (unpaired) electrons. The molecule has 1 amide bonds. The molecule has 2 aromatic rings. The average Bonchev–Trinajstić information content (AvgIpc) is 2.96. The van der Waals surface area contributed by atoms with Gasteiger partial charge >= 0.3 is 0 Å². The Morgan fingerprint density at radius 2 is 1.96 bits per heavy atom. The molecule has 3 rings (SSSR count). The van der Waals surface area contributed by atoms with E-state index < -0.39 is 27.6 Å². The second-order valence-corrected chi connectivity index (χ2v) is 7.77. The highest BCUT2D eigenvalue weighted by Crippen LogP contribution is 2.27. The molecule has 1 aliphatic heterocycles. The first-order valence-corrected chi connectivity index (χ1v) is 9.84. The van der Waals surface area contributed by atoms with Crippen LogP contribution in [0.25, 0.3) is 0 Å². The van der Waals surface area contributed by atoms with Crippen LogP contribution in [0.5, 0.6) is 5.75 Å². The zero-order valence-corrected chi connectivity index (χ0v) is 14.9. The third-order valence-corrected chi connectivity index (χ3v) is 5.34. The molecular weight excluding hydrogens is 357 g/mol. The van der Waals surface area contributed by atoms with Gasteiger partial charge in [0.2, 0.25) is 0 Å². The Kier molecular flexibility index (Phi) is 5.08. The van der Waals surface area contributed by atoms with E-state index in [9.17, 15) is 17.6 Å². The average molecular weight is 375 g/mol. The van der Waals surface area contributed by atoms with Crippen molar-refractivity contribution < 1.29 is 22.3 Å². The van der Waals surface area contributed by atoms with Crippen molar-refractivity contribution in [1.82, 2.24) is 0 Å². The van der Waals surface area contributed by atoms with Crippen molar-refractivity contribution in [2.75, 3.05) is 17.3 Å². The number of carbonyl (C=O) groups excluding carboxylic acids is 1. The molecule has 7 heteroatoms. The highest BCUT2D eigenvalue weighted by Gasteiger charge is 2.32. The fraction of sp³-hybridized carbons (Fsp3) is 0.211. The summed E-state index contributed by atoms with van der Waals surface area (Å²) in [5.41, 5.74) is 0.658. The lowest BCUT2D eigenvalue weighted by atomic mass is 10.1. The van der Waals surface area contributed by atoms with Crippen LogP contribution in [-0.4, -0.2) is 32.7 Å². The molecule has 0 fully saturated rings. The van der Waals surface area contributed by atoms with Crippen LogP contribution in [0.2, 0.25) is 0 Å². The molecule has 0 aromatic heterocycles. The molecule has 0 saturated carbocycles. The molecule has 136 valence electrons. The highest BCUT2D eigenvalue weighted by molar-refractivity contribution is 7.94. The van der Waals surface area contributed by atoms with Gasteiger partial charge < -0.3 is 9.64 Å². The molecule has 1 heterocycles. The van der Waals surface area contributed by atoms with Gasteiger partial charge in [0.25, 0.3) is 5.91 Å². The summed E-state index contributed by atoms with van der Waals surface area (Å²) in [7, 11) is -3.36. The number of hydrogen-bond acceptors (Lipinski definition) is 4. The van der Waals surface area contributed by atoms with Gasteiger partial charge in [-0.25, -0.2) is 12.8 Å². The molecule has 1 atom stereocenters. The zero-order chi connectivity index (χ0) is 18.7. The molecule has 1 aliphatic rings.